The summed E-state index contributed by atoms with van der Waals surface area (Å²) in [6, 6.07) is 18.8. The highest BCUT2D eigenvalue weighted by molar-refractivity contribution is 9.10. The number of thioether (sulfide) groups is 1. The van der Waals surface area contributed by atoms with Crippen molar-refractivity contribution in [2.75, 3.05) is 18.5 Å². The number of amidine groups is 1. The fraction of sp³-hybridized carbons (Fsp3) is 0.125. The van der Waals surface area contributed by atoms with Crippen LogP contribution in [0.4, 0.5) is 5.69 Å². The summed E-state index contributed by atoms with van der Waals surface area (Å²) in [5.41, 5.74) is 1.50. The van der Waals surface area contributed by atoms with Crippen LogP contribution in [0, 0.1) is 0 Å². The van der Waals surface area contributed by atoms with Crippen molar-refractivity contribution in [3.8, 4) is 17.2 Å². The van der Waals surface area contributed by atoms with E-state index in [4.69, 9.17) is 19.0 Å². The van der Waals surface area contributed by atoms with Crippen molar-refractivity contribution in [1.29, 1.82) is 0 Å². The zero-order chi connectivity index (χ0) is 34.3. The van der Waals surface area contributed by atoms with E-state index in [0.717, 1.165) is 11.8 Å². The molecule has 1 saturated heterocycles. The molecule has 3 aromatic carbocycles. The molecular weight excluding hydrogens is 726 g/mol. The topological polar surface area (TPSA) is 186 Å². The molecule has 0 aliphatic carbocycles. The van der Waals surface area contributed by atoms with Crippen LogP contribution in [0.25, 0.3) is 6.08 Å². The summed E-state index contributed by atoms with van der Waals surface area (Å²) in [5.74, 6) is 0.346. The number of aromatic hydroxyl groups is 1. The SMILES string of the molecule is CCOc1cc(/C=N/N=C2\S/C(=C\c3cc(Br)ccc3OCC(=O)Nc3ccc(S(N)(=O)=O)cc3)C(=O)N2Cc2ccco2)ccc1O. The number of nitrogens with one attached hydrogen (secondary N) is 1. The Morgan fingerprint density at radius 2 is 1.90 bits per heavy atom. The van der Waals surface area contributed by atoms with Crippen LogP contribution in [-0.2, 0) is 26.2 Å². The number of anilines is 1. The van der Waals surface area contributed by atoms with Crippen molar-refractivity contribution in [2.45, 2.75) is 18.4 Å². The molecule has 1 aromatic heterocycles. The van der Waals surface area contributed by atoms with Gasteiger partial charge >= 0.3 is 0 Å². The van der Waals surface area contributed by atoms with Crippen LogP contribution in [0.1, 0.15) is 23.8 Å². The number of hydrogen-bond acceptors (Lipinski definition) is 11. The third-order valence-electron chi connectivity index (χ3n) is 6.50. The Morgan fingerprint density at radius 1 is 1.10 bits per heavy atom. The monoisotopic (exact) mass is 753 g/mol. The third-order valence-corrected chi connectivity index (χ3v) is 8.92. The molecule has 13 nitrogen and oxygen atoms in total. The van der Waals surface area contributed by atoms with Crippen LogP contribution in [0.5, 0.6) is 17.2 Å². The molecule has 0 radical (unpaired) electrons. The first kappa shape index (κ1) is 34.4. The van der Waals surface area contributed by atoms with Gasteiger partial charge in [-0.3, -0.25) is 14.5 Å². The second-order valence-electron chi connectivity index (χ2n) is 9.96. The number of carbonyl (C=O) groups excluding carboxylic acids is 2. The smallest absolute Gasteiger partial charge is 0.267 e. The zero-order valence-corrected chi connectivity index (χ0v) is 28.4. The molecule has 0 bridgehead atoms. The number of furan rings is 1. The number of rotatable bonds is 12. The van der Waals surface area contributed by atoms with E-state index >= 15 is 0 Å². The molecule has 2 heterocycles. The van der Waals surface area contributed by atoms with Crippen molar-refractivity contribution >= 4 is 72.7 Å². The largest absolute Gasteiger partial charge is 0.504 e. The lowest BCUT2D eigenvalue weighted by Gasteiger charge is -2.13. The van der Waals surface area contributed by atoms with E-state index in [1.54, 1.807) is 48.5 Å². The number of sulfonamides is 1. The summed E-state index contributed by atoms with van der Waals surface area (Å²) in [6.07, 6.45) is 4.62. The Kier molecular flexibility index (Phi) is 11.0. The molecule has 48 heavy (non-hydrogen) atoms. The number of phenols is 1. The van der Waals surface area contributed by atoms with E-state index in [2.05, 4.69) is 31.4 Å². The summed E-state index contributed by atoms with van der Waals surface area (Å²) in [5, 5.41) is 26.5. The van der Waals surface area contributed by atoms with Crippen molar-refractivity contribution in [3.63, 3.8) is 0 Å². The molecule has 0 unspecified atom stereocenters. The lowest BCUT2D eigenvalue weighted by Crippen LogP contribution is -2.28. The number of amides is 2. The van der Waals surface area contributed by atoms with Crippen LogP contribution < -0.4 is 19.9 Å². The number of halogens is 1. The Bertz CT molecular complexity index is 2010. The molecule has 2 amide bonds. The first-order chi connectivity index (χ1) is 23.0. The van der Waals surface area contributed by atoms with Gasteiger partial charge in [-0.05, 0) is 103 Å². The van der Waals surface area contributed by atoms with Crippen LogP contribution >= 0.6 is 27.7 Å². The van der Waals surface area contributed by atoms with Gasteiger partial charge in [0, 0.05) is 15.7 Å². The van der Waals surface area contributed by atoms with Crippen LogP contribution in [0.15, 0.2) is 108 Å². The minimum Gasteiger partial charge on any atom is -0.504 e. The van der Waals surface area contributed by atoms with Gasteiger partial charge in [0.05, 0.1) is 35.4 Å². The molecule has 0 atom stereocenters. The van der Waals surface area contributed by atoms with E-state index in [9.17, 15) is 23.1 Å². The second-order valence-corrected chi connectivity index (χ2v) is 13.4. The van der Waals surface area contributed by atoms with Gasteiger partial charge in [0.1, 0.15) is 11.5 Å². The predicted octanol–water partition coefficient (Wildman–Crippen LogP) is 5.32. The van der Waals surface area contributed by atoms with Crippen molar-refractivity contribution in [2.24, 2.45) is 15.3 Å². The number of carbonyl (C=O) groups is 2. The quantitative estimate of drug-likeness (QED) is 0.0979. The fourth-order valence-corrected chi connectivity index (χ4v) is 6.10. The van der Waals surface area contributed by atoms with Crippen LogP contribution in [0.2, 0.25) is 0 Å². The van der Waals surface area contributed by atoms with E-state index in [1.165, 1.54) is 47.7 Å². The lowest BCUT2D eigenvalue weighted by molar-refractivity contribution is -0.122. The first-order valence-corrected chi connectivity index (χ1v) is 17.3. The van der Waals surface area contributed by atoms with Gasteiger partial charge in [0.2, 0.25) is 10.0 Å². The predicted molar refractivity (Wildman–Crippen MR) is 185 cm³/mol. The van der Waals surface area contributed by atoms with E-state index < -0.39 is 15.9 Å². The molecule has 5 rings (SSSR count). The Balaban J connectivity index is 1.35. The lowest BCUT2D eigenvalue weighted by atomic mass is 10.2. The molecule has 1 aliphatic heterocycles. The molecular formula is C32H28BrN5O8S2. The fourth-order valence-electron chi connectivity index (χ4n) is 4.28. The normalized spacial score (nSPS) is 15.1. The second kappa shape index (κ2) is 15.3. The molecule has 1 aliphatic rings. The maximum atomic E-state index is 13.6. The molecule has 0 saturated carbocycles. The number of phenolic OH excluding ortho intramolecular Hbond substituents is 1. The summed E-state index contributed by atoms with van der Waals surface area (Å²) in [4.78, 5) is 27.9. The van der Waals surface area contributed by atoms with Gasteiger partial charge < -0.3 is 24.3 Å². The first-order valence-electron chi connectivity index (χ1n) is 14.2. The maximum absolute atomic E-state index is 13.6. The van der Waals surface area contributed by atoms with Crippen LogP contribution in [-0.4, -0.2) is 54.8 Å². The molecule has 1 fully saturated rings. The standard InChI is InChI=1S/C32H28BrN5O8S2/c1-2-44-28-14-20(5-11-26(28)39)17-35-37-32-38(18-24-4-3-13-45-24)31(41)29(47-32)16-21-15-22(33)6-12-27(21)46-19-30(40)36-23-7-9-25(10-8-23)48(34,42)43/h3-17,39H,2,18-19H2,1H3,(H,36,40)(H2,34,42,43)/b29-16-,35-17+,37-32-. The van der Waals surface area contributed by atoms with Gasteiger partial charge in [-0.1, -0.05) is 15.9 Å². The summed E-state index contributed by atoms with van der Waals surface area (Å²) in [6.45, 7) is 1.93. The zero-order valence-electron chi connectivity index (χ0n) is 25.2. The van der Waals surface area contributed by atoms with E-state index in [-0.39, 0.29) is 29.7 Å². The Hall–Kier alpha value is -4.90. The highest BCUT2D eigenvalue weighted by atomic mass is 79.9. The van der Waals surface area contributed by atoms with Gasteiger partial charge in [-0.15, -0.1) is 5.10 Å². The van der Waals surface area contributed by atoms with Gasteiger partial charge in [-0.25, -0.2) is 13.6 Å². The Morgan fingerprint density at radius 3 is 2.60 bits per heavy atom. The minimum absolute atomic E-state index is 0.00494. The van der Waals surface area contributed by atoms with E-state index in [0.29, 0.717) is 55.2 Å². The summed E-state index contributed by atoms with van der Waals surface area (Å²) >= 11 is 4.55. The average Bonchev–Trinajstić information content (AvgIpc) is 3.66. The minimum atomic E-state index is -3.86. The summed E-state index contributed by atoms with van der Waals surface area (Å²) < 4.78 is 40.4. The Labute approximate surface area is 288 Å². The highest BCUT2D eigenvalue weighted by Crippen LogP contribution is 2.36. The van der Waals surface area contributed by atoms with E-state index in [1.807, 2.05) is 6.92 Å². The molecule has 16 heteroatoms. The highest BCUT2D eigenvalue weighted by Gasteiger charge is 2.34. The van der Waals surface area contributed by atoms with Crippen molar-refractivity contribution in [3.05, 3.63) is 105 Å². The van der Waals surface area contributed by atoms with Crippen molar-refractivity contribution < 1.29 is 37.0 Å². The van der Waals surface area contributed by atoms with Gasteiger partial charge in [0.25, 0.3) is 11.8 Å². The molecule has 4 aromatic rings. The van der Waals surface area contributed by atoms with Crippen LogP contribution in [0.3, 0.4) is 0 Å². The number of hydrogen-bond donors (Lipinski definition) is 3. The number of nitrogens with two attached hydrogens (primary N) is 1. The number of nitrogens with zero attached hydrogens (tertiary/aromatic N) is 3. The number of ether oxygens (including phenoxy) is 2. The number of benzene rings is 3. The van der Waals surface area contributed by atoms with Gasteiger partial charge in [-0.2, -0.15) is 5.10 Å². The molecule has 4 N–H and O–H groups in total. The molecule has 248 valence electrons. The molecule has 0 spiro atoms. The van der Waals surface area contributed by atoms with Gasteiger partial charge in [0.15, 0.2) is 23.3 Å². The third kappa shape index (κ3) is 8.92. The maximum Gasteiger partial charge on any atom is 0.267 e. The van der Waals surface area contributed by atoms with Crippen molar-refractivity contribution in [1.82, 2.24) is 4.90 Å². The number of primary sulfonamides is 1. The summed E-state index contributed by atoms with van der Waals surface area (Å²) in [7, 11) is -3.86. The average molecular weight is 755 g/mol.